The van der Waals surface area contributed by atoms with E-state index >= 15 is 0 Å². The minimum atomic E-state index is -0.0961. The molecular formula is C15H21N3O2. The molecule has 0 saturated carbocycles. The summed E-state index contributed by atoms with van der Waals surface area (Å²) in [6, 6.07) is 3.59. The number of imidazole rings is 1. The number of nitrogens with zero attached hydrogens (tertiary/aromatic N) is 2. The molecule has 0 aromatic carbocycles. The highest BCUT2D eigenvalue weighted by molar-refractivity contribution is 5.94. The van der Waals surface area contributed by atoms with Crippen LogP contribution in [-0.4, -0.2) is 34.5 Å². The molecule has 0 bridgehead atoms. The average Bonchev–Trinajstić information content (AvgIpc) is 2.85. The number of carbonyl (C=O) groups excluding carboxylic acids is 1. The van der Waals surface area contributed by atoms with E-state index in [1.54, 1.807) is 18.5 Å². The molecule has 1 atom stereocenters. The predicted octanol–water partition coefficient (Wildman–Crippen LogP) is 2.13. The lowest BCUT2D eigenvalue weighted by Crippen LogP contribution is -2.36. The first-order chi connectivity index (χ1) is 9.56. The number of nitrogens with one attached hydrogen (secondary N) is 1. The number of hydrogen-bond acceptors (Lipinski definition) is 3. The molecule has 2 aromatic rings. The van der Waals surface area contributed by atoms with Gasteiger partial charge in [-0.1, -0.05) is 13.8 Å². The zero-order valence-corrected chi connectivity index (χ0v) is 12.2. The molecule has 20 heavy (non-hydrogen) atoms. The Kier molecular flexibility index (Phi) is 4.74. The molecule has 0 fully saturated rings. The van der Waals surface area contributed by atoms with Gasteiger partial charge in [0.05, 0.1) is 12.2 Å². The maximum Gasteiger partial charge on any atom is 0.253 e. The lowest BCUT2D eigenvalue weighted by Gasteiger charge is -2.15. The molecule has 108 valence electrons. The van der Waals surface area contributed by atoms with Crippen LogP contribution in [0.3, 0.4) is 0 Å². The first kappa shape index (κ1) is 14.5. The fraction of sp³-hybridized carbons (Fsp3) is 0.467. The second kappa shape index (κ2) is 6.52. The molecule has 2 aromatic heterocycles. The van der Waals surface area contributed by atoms with Crippen molar-refractivity contribution in [1.82, 2.24) is 14.7 Å². The fourth-order valence-corrected chi connectivity index (χ4v) is 1.88. The van der Waals surface area contributed by atoms with Crippen molar-refractivity contribution in [2.75, 3.05) is 13.2 Å². The second-order valence-electron chi connectivity index (χ2n) is 5.42. The molecule has 2 heterocycles. The number of carbonyl (C=O) groups is 1. The molecule has 1 amide bonds. The Morgan fingerprint density at radius 2 is 2.15 bits per heavy atom. The van der Waals surface area contributed by atoms with E-state index in [1.807, 2.05) is 23.6 Å². The van der Waals surface area contributed by atoms with Crippen LogP contribution in [0.4, 0.5) is 0 Å². The molecule has 0 unspecified atom stereocenters. The van der Waals surface area contributed by atoms with Crippen LogP contribution < -0.4 is 5.32 Å². The lowest BCUT2D eigenvalue weighted by atomic mass is 10.2. The zero-order chi connectivity index (χ0) is 14.5. The number of pyridine rings is 1. The molecule has 0 spiro atoms. The van der Waals surface area contributed by atoms with Crippen LogP contribution in [0.5, 0.6) is 0 Å². The fourth-order valence-electron chi connectivity index (χ4n) is 1.88. The monoisotopic (exact) mass is 275 g/mol. The van der Waals surface area contributed by atoms with E-state index in [-0.39, 0.29) is 11.9 Å². The van der Waals surface area contributed by atoms with Crippen LogP contribution in [0.15, 0.2) is 30.7 Å². The summed E-state index contributed by atoms with van der Waals surface area (Å²) in [6.07, 6.45) is 5.31. The van der Waals surface area contributed by atoms with Gasteiger partial charge in [0.25, 0.3) is 5.91 Å². The minimum Gasteiger partial charge on any atom is -0.379 e. The Balaban J connectivity index is 1.90. The van der Waals surface area contributed by atoms with Crippen molar-refractivity contribution in [3.8, 4) is 0 Å². The van der Waals surface area contributed by atoms with Gasteiger partial charge in [-0.15, -0.1) is 0 Å². The molecule has 5 nitrogen and oxygen atoms in total. The van der Waals surface area contributed by atoms with Crippen LogP contribution in [-0.2, 0) is 4.74 Å². The Labute approximate surface area is 119 Å². The smallest absolute Gasteiger partial charge is 0.253 e. The first-order valence-corrected chi connectivity index (χ1v) is 6.87. The van der Waals surface area contributed by atoms with E-state index in [4.69, 9.17) is 4.74 Å². The van der Waals surface area contributed by atoms with Gasteiger partial charge < -0.3 is 14.5 Å². The standard InChI is InChI=1S/C15H21N3O2/c1-11(2)9-20-10-12(3)17-15(19)13-4-5-14-16-6-7-18(14)8-13/h4-8,11-12H,9-10H2,1-3H3,(H,17,19)/t12-/m1/s1. The summed E-state index contributed by atoms with van der Waals surface area (Å²) in [5.41, 5.74) is 1.45. The molecule has 0 radical (unpaired) electrons. The van der Waals surface area contributed by atoms with Gasteiger partial charge in [-0.2, -0.15) is 0 Å². The van der Waals surface area contributed by atoms with Gasteiger partial charge in [0.2, 0.25) is 0 Å². The number of amides is 1. The van der Waals surface area contributed by atoms with Gasteiger partial charge in [0.1, 0.15) is 5.65 Å². The van der Waals surface area contributed by atoms with Crippen LogP contribution in [0.2, 0.25) is 0 Å². The highest BCUT2D eigenvalue weighted by Gasteiger charge is 2.11. The number of ether oxygens (including phenoxy) is 1. The number of hydrogen-bond donors (Lipinski definition) is 1. The van der Waals surface area contributed by atoms with Crippen molar-refractivity contribution in [1.29, 1.82) is 0 Å². The molecule has 1 N–H and O–H groups in total. The molecule has 2 rings (SSSR count). The minimum absolute atomic E-state index is 0.0141. The third-order valence-electron chi connectivity index (χ3n) is 2.85. The number of rotatable bonds is 6. The van der Waals surface area contributed by atoms with Crippen molar-refractivity contribution in [3.63, 3.8) is 0 Å². The summed E-state index contributed by atoms with van der Waals surface area (Å²) >= 11 is 0. The summed E-state index contributed by atoms with van der Waals surface area (Å²) in [7, 11) is 0. The third-order valence-corrected chi connectivity index (χ3v) is 2.85. The highest BCUT2D eigenvalue weighted by Crippen LogP contribution is 2.05. The molecule has 0 aliphatic rings. The summed E-state index contributed by atoms with van der Waals surface area (Å²) in [5.74, 6) is 0.405. The quantitative estimate of drug-likeness (QED) is 0.878. The normalized spacial score (nSPS) is 12.8. The summed E-state index contributed by atoms with van der Waals surface area (Å²) in [6.45, 7) is 7.37. The molecule has 0 saturated heterocycles. The SMILES string of the molecule is CC(C)COC[C@@H](C)NC(=O)c1ccc2nccn2c1. The van der Waals surface area contributed by atoms with E-state index < -0.39 is 0 Å². The Morgan fingerprint density at radius 1 is 1.35 bits per heavy atom. The maximum atomic E-state index is 12.1. The number of aromatic nitrogens is 2. The summed E-state index contributed by atoms with van der Waals surface area (Å²) in [4.78, 5) is 16.3. The van der Waals surface area contributed by atoms with Crippen molar-refractivity contribution < 1.29 is 9.53 Å². The van der Waals surface area contributed by atoms with E-state index in [0.717, 1.165) is 5.65 Å². The lowest BCUT2D eigenvalue weighted by molar-refractivity contribution is 0.0791. The number of fused-ring (bicyclic) bond motifs is 1. The van der Waals surface area contributed by atoms with E-state index in [0.29, 0.717) is 24.7 Å². The van der Waals surface area contributed by atoms with Crippen molar-refractivity contribution >= 4 is 11.6 Å². The average molecular weight is 275 g/mol. The first-order valence-electron chi connectivity index (χ1n) is 6.87. The zero-order valence-electron chi connectivity index (χ0n) is 12.2. The van der Waals surface area contributed by atoms with Gasteiger partial charge in [-0.25, -0.2) is 4.98 Å². The van der Waals surface area contributed by atoms with Gasteiger partial charge >= 0.3 is 0 Å². The highest BCUT2D eigenvalue weighted by atomic mass is 16.5. The van der Waals surface area contributed by atoms with Crippen LogP contribution in [0, 0.1) is 5.92 Å². The summed E-state index contributed by atoms with van der Waals surface area (Å²) in [5, 5.41) is 2.93. The van der Waals surface area contributed by atoms with Gasteiger partial charge in [-0.05, 0) is 25.0 Å². The van der Waals surface area contributed by atoms with Crippen molar-refractivity contribution in [2.24, 2.45) is 5.92 Å². The summed E-state index contributed by atoms with van der Waals surface area (Å²) < 4.78 is 7.35. The van der Waals surface area contributed by atoms with Gasteiger partial charge in [0.15, 0.2) is 0 Å². The maximum absolute atomic E-state index is 12.1. The van der Waals surface area contributed by atoms with E-state index in [9.17, 15) is 4.79 Å². The van der Waals surface area contributed by atoms with Gasteiger partial charge in [-0.3, -0.25) is 4.79 Å². The topological polar surface area (TPSA) is 55.6 Å². The largest absolute Gasteiger partial charge is 0.379 e. The Morgan fingerprint density at radius 3 is 2.90 bits per heavy atom. The predicted molar refractivity (Wildman–Crippen MR) is 77.8 cm³/mol. The molecule has 5 heteroatoms. The molecule has 0 aliphatic heterocycles. The van der Waals surface area contributed by atoms with Crippen molar-refractivity contribution in [3.05, 3.63) is 36.3 Å². The Hall–Kier alpha value is -1.88. The van der Waals surface area contributed by atoms with E-state index in [1.165, 1.54) is 0 Å². The van der Waals surface area contributed by atoms with Crippen molar-refractivity contribution in [2.45, 2.75) is 26.8 Å². The van der Waals surface area contributed by atoms with Crippen LogP contribution in [0.25, 0.3) is 5.65 Å². The van der Waals surface area contributed by atoms with Crippen LogP contribution >= 0.6 is 0 Å². The third kappa shape index (κ3) is 3.81. The van der Waals surface area contributed by atoms with Crippen LogP contribution in [0.1, 0.15) is 31.1 Å². The van der Waals surface area contributed by atoms with Gasteiger partial charge in [0, 0.05) is 31.2 Å². The molecular weight excluding hydrogens is 254 g/mol. The molecule has 0 aliphatic carbocycles. The van der Waals surface area contributed by atoms with E-state index in [2.05, 4.69) is 24.1 Å². The Bertz CT molecular complexity index is 577. The second-order valence-corrected chi connectivity index (χ2v) is 5.42.